The summed E-state index contributed by atoms with van der Waals surface area (Å²) in [6.07, 6.45) is 4.41. The lowest BCUT2D eigenvalue weighted by Crippen LogP contribution is -2.51. The van der Waals surface area contributed by atoms with Crippen LogP contribution in [0.4, 0.5) is 0 Å². The lowest BCUT2D eigenvalue weighted by molar-refractivity contribution is -0.132. The lowest BCUT2D eigenvalue weighted by Gasteiger charge is -2.34. The van der Waals surface area contributed by atoms with Gasteiger partial charge in [0.2, 0.25) is 5.91 Å². The van der Waals surface area contributed by atoms with Crippen molar-refractivity contribution in [3.63, 3.8) is 0 Å². The van der Waals surface area contributed by atoms with Gasteiger partial charge in [-0.15, -0.1) is 12.4 Å². The summed E-state index contributed by atoms with van der Waals surface area (Å²) in [5.74, 6) is 0.952. The Bertz CT molecular complexity index is 385. The monoisotopic (exact) mass is 360 g/mol. The van der Waals surface area contributed by atoms with E-state index in [2.05, 4.69) is 22.6 Å². The van der Waals surface area contributed by atoms with Crippen LogP contribution < -0.4 is 10.6 Å². The van der Waals surface area contributed by atoms with Crippen molar-refractivity contribution in [2.24, 2.45) is 5.92 Å². The maximum Gasteiger partial charge on any atom is 0.223 e. The molecule has 0 aromatic rings. The van der Waals surface area contributed by atoms with E-state index in [1.165, 1.54) is 19.3 Å². The van der Waals surface area contributed by atoms with Crippen molar-refractivity contribution in [3.05, 3.63) is 0 Å². The van der Waals surface area contributed by atoms with Gasteiger partial charge in [-0.1, -0.05) is 6.42 Å². The highest BCUT2D eigenvalue weighted by Gasteiger charge is 2.34. The number of hydrogen-bond donors (Lipinski definition) is 2. The van der Waals surface area contributed by atoms with Crippen LogP contribution in [0.1, 0.15) is 25.7 Å². The molecule has 1 saturated carbocycles. The van der Waals surface area contributed by atoms with Crippen LogP contribution >= 0.6 is 12.4 Å². The number of piperazine rings is 1. The molecule has 2 aliphatic heterocycles. The molecule has 2 N–H and O–H groups in total. The van der Waals surface area contributed by atoms with Crippen LogP contribution in [-0.4, -0.2) is 87.3 Å². The zero-order valence-electron chi connectivity index (χ0n) is 14.8. The van der Waals surface area contributed by atoms with E-state index in [0.717, 1.165) is 52.5 Å². The summed E-state index contributed by atoms with van der Waals surface area (Å²) in [5, 5.41) is 7.26. The summed E-state index contributed by atoms with van der Waals surface area (Å²) in [6.45, 7) is 7.20. The molecule has 3 unspecified atom stereocenters. The molecule has 3 rings (SSSR count). The van der Waals surface area contributed by atoms with E-state index < -0.39 is 0 Å². The standard InChI is InChI=1S/C17H32N4O2.ClH/c1-20-8-10-21(11-9-20)17(22)5-6-18-15-4-2-3-14(15)16-13-23-12-7-19-16;/h14-16,18-19H,2-13H2,1H3;1H. The average Bonchev–Trinajstić information content (AvgIpc) is 3.05. The molecular formula is C17H33ClN4O2. The summed E-state index contributed by atoms with van der Waals surface area (Å²) in [4.78, 5) is 16.6. The number of rotatable bonds is 5. The zero-order valence-corrected chi connectivity index (χ0v) is 15.7. The van der Waals surface area contributed by atoms with Crippen LogP contribution in [-0.2, 0) is 9.53 Å². The van der Waals surface area contributed by atoms with E-state index in [-0.39, 0.29) is 12.4 Å². The molecule has 3 aliphatic rings. The number of morpholine rings is 1. The molecule has 2 saturated heterocycles. The maximum atomic E-state index is 12.3. The first-order valence-electron chi connectivity index (χ1n) is 9.25. The quantitative estimate of drug-likeness (QED) is 0.739. The molecular weight excluding hydrogens is 328 g/mol. The molecule has 2 heterocycles. The molecule has 6 nitrogen and oxygen atoms in total. The number of halogens is 1. The van der Waals surface area contributed by atoms with Crippen LogP contribution in [0.15, 0.2) is 0 Å². The number of carbonyl (C=O) groups is 1. The molecule has 1 amide bonds. The number of hydrogen-bond acceptors (Lipinski definition) is 5. The van der Waals surface area contributed by atoms with Gasteiger partial charge in [-0.3, -0.25) is 4.79 Å². The first-order chi connectivity index (χ1) is 11.2. The first kappa shape index (κ1) is 19.9. The summed E-state index contributed by atoms with van der Waals surface area (Å²) in [5.41, 5.74) is 0. The summed E-state index contributed by atoms with van der Waals surface area (Å²) >= 11 is 0. The molecule has 0 radical (unpaired) electrons. The second-order valence-corrected chi connectivity index (χ2v) is 7.22. The third-order valence-corrected chi connectivity index (χ3v) is 5.64. The number of nitrogens with one attached hydrogen (secondary N) is 2. The van der Waals surface area contributed by atoms with E-state index in [0.29, 0.717) is 30.3 Å². The van der Waals surface area contributed by atoms with E-state index in [1.54, 1.807) is 0 Å². The van der Waals surface area contributed by atoms with Crippen molar-refractivity contribution in [3.8, 4) is 0 Å². The van der Waals surface area contributed by atoms with Crippen molar-refractivity contribution in [2.45, 2.75) is 37.8 Å². The molecule has 140 valence electrons. The Morgan fingerprint density at radius 1 is 1.25 bits per heavy atom. The van der Waals surface area contributed by atoms with Crippen molar-refractivity contribution in [1.29, 1.82) is 0 Å². The molecule has 0 aromatic heterocycles. The minimum Gasteiger partial charge on any atom is -0.379 e. The van der Waals surface area contributed by atoms with Gasteiger partial charge < -0.3 is 25.2 Å². The van der Waals surface area contributed by atoms with Crippen LogP contribution in [0.5, 0.6) is 0 Å². The predicted octanol–water partition coefficient (Wildman–Crippen LogP) is 0.319. The SMILES string of the molecule is CN1CCN(C(=O)CCNC2CCCC2C2COCCN2)CC1.Cl. The number of likely N-dealkylation sites (N-methyl/N-ethyl adjacent to an activating group) is 1. The fraction of sp³-hybridized carbons (Fsp3) is 0.941. The van der Waals surface area contributed by atoms with Gasteiger partial charge in [0.15, 0.2) is 0 Å². The molecule has 0 aromatic carbocycles. The van der Waals surface area contributed by atoms with Crippen LogP contribution in [0.2, 0.25) is 0 Å². The molecule has 0 spiro atoms. The number of carbonyl (C=O) groups excluding carboxylic acids is 1. The second-order valence-electron chi connectivity index (χ2n) is 7.22. The third kappa shape index (κ3) is 5.30. The van der Waals surface area contributed by atoms with Gasteiger partial charge in [0, 0.05) is 57.8 Å². The van der Waals surface area contributed by atoms with Gasteiger partial charge in [-0.25, -0.2) is 0 Å². The Kier molecular flexibility index (Phi) is 8.23. The zero-order chi connectivity index (χ0) is 16.1. The van der Waals surface area contributed by atoms with Gasteiger partial charge in [-0.05, 0) is 25.8 Å². The fourth-order valence-corrected chi connectivity index (χ4v) is 4.16. The van der Waals surface area contributed by atoms with Crippen molar-refractivity contribution >= 4 is 18.3 Å². The minimum atomic E-state index is 0. The van der Waals surface area contributed by atoms with Crippen LogP contribution in [0.3, 0.4) is 0 Å². The smallest absolute Gasteiger partial charge is 0.223 e. The number of amides is 1. The Hall–Kier alpha value is -0.400. The maximum absolute atomic E-state index is 12.3. The lowest BCUT2D eigenvalue weighted by atomic mass is 9.94. The predicted molar refractivity (Wildman–Crippen MR) is 97.7 cm³/mol. The van der Waals surface area contributed by atoms with Gasteiger partial charge in [0.05, 0.1) is 13.2 Å². The highest BCUT2D eigenvalue weighted by molar-refractivity contribution is 5.85. The highest BCUT2D eigenvalue weighted by atomic mass is 35.5. The normalized spacial score (nSPS) is 31.7. The molecule has 7 heteroatoms. The Morgan fingerprint density at radius 2 is 2.04 bits per heavy atom. The molecule has 3 atom stereocenters. The van der Waals surface area contributed by atoms with Crippen molar-refractivity contribution in [1.82, 2.24) is 20.4 Å². The summed E-state index contributed by atoms with van der Waals surface area (Å²) in [7, 11) is 2.12. The molecule has 1 aliphatic carbocycles. The Balaban J connectivity index is 0.00000208. The molecule has 24 heavy (non-hydrogen) atoms. The molecule has 0 bridgehead atoms. The second kappa shape index (κ2) is 9.92. The minimum absolute atomic E-state index is 0. The largest absolute Gasteiger partial charge is 0.379 e. The van der Waals surface area contributed by atoms with E-state index in [9.17, 15) is 4.79 Å². The van der Waals surface area contributed by atoms with Crippen LogP contribution in [0.25, 0.3) is 0 Å². The third-order valence-electron chi connectivity index (χ3n) is 5.64. The van der Waals surface area contributed by atoms with E-state index >= 15 is 0 Å². The Labute approximate surface area is 152 Å². The number of ether oxygens (including phenoxy) is 1. The topological polar surface area (TPSA) is 56.8 Å². The van der Waals surface area contributed by atoms with Gasteiger partial charge >= 0.3 is 0 Å². The van der Waals surface area contributed by atoms with Crippen molar-refractivity contribution in [2.75, 3.05) is 59.5 Å². The van der Waals surface area contributed by atoms with Crippen LogP contribution in [0, 0.1) is 5.92 Å². The summed E-state index contributed by atoms with van der Waals surface area (Å²) in [6, 6.07) is 1.02. The van der Waals surface area contributed by atoms with E-state index in [1.807, 2.05) is 4.90 Å². The summed E-state index contributed by atoms with van der Waals surface area (Å²) < 4.78 is 5.62. The van der Waals surface area contributed by atoms with Crippen molar-refractivity contribution < 1.29 is 9.53 Å². The molecule has 3 fully saturated rings. The fourth-order valence-electron chi connectivity index (χ4n) is 4.16. The average molecular weight is 361 g/mol. The van der Waals surface area contributed by atoms with E-state index in [4.69, 9.17) is 4.74 Å². The van der Waals surface area contributed by atoms with Gasteiger partial charge in [0.25, 0.3) is 0 Å². The highest BCUT2D eigenvalue weighted by Crippen LogP contribution is 2.29. The Morgan fingerprint density at radius 3 is 2.75 bits per heavy atom. The van der Waals surface area contributed by atoms with Gasteiger partial charge in [-0.2, -0.15) is 0 Å². The number of nitrogens with zero attached hydrogens (tertiary/aromatic N) is 2. The first-order valence-corrected chi connectivity index (χ1v) is 9.25. The van der Waals surface area contributed by atoms with Gasteiger partial charge in [0.1, 0.15) is 0 Å².